The standard InChI is InChI=1S/C14H19BrFN3O/c15-11-5-10(6-12(16)7-11)8-19(9-14(17)20)13-1-3-18-4-2-13/h5-7,13,18H,1-4,8-9H2,(H2,17,20). The molecule has 0 saturated carbocycles. The van der Waals surface area contributed by atoms with Crippen LogP contribution in [0.3, 0.4) is 0 Å². The highest BCUT2D eigenvalue weighted by atomic mass is 79.9. The Hall–Kier alpha value is -0.980. The molecule has 0 spiro atoms. The average Bonchev–Trinajstić information content (AvgIpc) is 2.37. The molecule has 0 atom stereocenters. The van der Waals surface area contributed by atoms with Gasteiger partial charge in [0, 0.05) is 17.1 Å². The van der Waals surface area contributed by atoms with Crippen molar-refractivity contribution in [1.29, 1.82) is 0 Å². The monoisotopic (exact) mass is 343 g/mol. The summed E-state index contributed by atoms with van der Waals surface area (Å²) in [4.78, 5) is 13.3. The molecule has 0 aliphatic carbocycles. The number of piperidine rings is 1. The zero-order valence-electron chi connectivity index (χ0n) is 11.2. The van der Waals surface area contributed by atoms with Crippen molar-refractivity contribution in [3.8, 4) is 0 Å². The molecule has 1 aromatic rings. The van der Waals surface area contributed by atoms with E-state index < -0.39 is 0 Å². The van der Waals surface area contributed by atoms with Crippen LogP contribution in [0.2, 0.25) is 0 Å². The van der Waals surface area contributed by atoms with Crippen LogP contribution in [0.5, 0.6) is 0 Å². The molecule has 0 aromatic heterocycles. The molecule has 2 rings (SSSR count). The summed E-state index contributed by atoms with van der Waals surface area (Å²) in [5, 5.41) is 3.29. The summed E-state index contributed by atoms with van der Waals surface area (Å²) in [6.45, 7) is 2.61. The van der Waals surface area contributed by atoms with E-state index in [9.17, 15) is 9.18 Å². The summed E-state index contributed by atoms with van der Waals surface area (Å²) in [5.41, 5.74) is 6.18. The fourth-order valence-electron chi connectivity index (χ4n) is 2.62. The highest BCUT2D eigenvalue weighted by Crippen LogP contribution is 2.19. The summed E-state index contributed by atoms with van der Waals surface area (Å²) >= 11 is 3.29. The summed E-state index contributed by atoms with van der Waals surface area (Å²) in [7, 11) is 0. The molecule has 1 aliphatic heterocycles. The van der Waals surface area contributed by atoms with E-state index in [-0.39, 0.29) is 18.3 Å². The number of carbonyl (C=O) groups excluding carboxylic acids is 1. The number of amides is 1. The van der Waals surface area contributed by atoms with Crippen molar-refractivity contribution in [1.82, 2.24) is 10.2 Å². The topological polar surface area (TPSA) is 58.4 Å². The third kappa shape index (κ3) is 4.54. The predicted octanol–water partition coefficient (Wildman–Crippen LogP) is 1.63. The number of hydrogen-bond acceptors (Lipinski definition) is 3. The average molecular weight is 344 g/mol. The van der Waals surface area contributed by atoms with Gasteiger partial charge in [-0.3, -0.25) is 9.69 Å². The molecule has 0 bridgehead atoms. The van der Waals surface area contributed by atoms with Gasteiger partial charge in [-0.2, -0.15) is 0 Å². The molecular formula is C14H19BrFN3O. The lowest BCUT2D eigenvalue weighted by atomic mass is 10.0. The maximum atomic E-state index is 13.4. The van der Waals surface area contributed by atoms with E-state index in [1.165, 1.54) is 12.1 Å². The van der Waals surface area contributed by atoms with Gasteiger partial charge < -0.3 is 11.1 Å². The van der Waals surface area contributed by atoms with Crippen molar-refractivity contribution in [3.05, 3.63) is 34.1 Å². The van der Waals surface area contributed by atoms with Gasteiger partial charge >= 0.3 is 0 Å². The number of nitrogens with zero attached hydrogens (tertiary/aromatic N) is 1. The number of nitrogens with one attached hydrogen (secondary N) is 1. The number of benzene rings is 1. The van der Waals surface area contributed by atoms with E-state index in [1.807, 2.05) is 11.0 Å². The zero-order valence-corrected chi connectivity index (χ0v) is 12.8. The van der Waals surface area contributed by atoms with Crippen molar-refractivity contribution in [2.24, 2.45) is 5.73 Å². The van der Waals surface area contributed by atoms with Crippen molar-refractivity contribution in [2.45, 2.75) is 25.4 Å². The molecule has 1 aliphatic rings. The third-order valence-electron chi connectivity index (χ3n) is 3.49. The second-order valence-electron chi connectivity index (χ2n) is 5.13. The first-order chi connectivity index (χ1) is 9.54. The highest BCUT2D eigenvalue weighted by molar-refractivity contribution is 9.10. The van der Waals surface area contributed by atoms with Gasteiger partial charge in [0.25, 0.3) is 0 Å². The molecule has 1 fully saturated rings. The largest absolute Gasteiger partial charge is 0.369 e. The van der Waals surface area contributed by atoms with Gasteiger partial charge in [-0.05, 0) is 49.7 Å². The minimum atomic E-state index is -0.348. The van der Waals surface area contributed by atoms with Crippen LogP contribution in [-0.2, 0) is 11.3 Å². The van der Waals surface area contributed by atoms with Crippen molar-refractivity contribution >= 4 is 21.8 Å². The van der Waals surface area contributed by atoms with Gasteiger partial charge in [-0.15, -0.1) is 0 Å². The Kier molecular flexibility index (Phi) is 5.51. The van der Waals surface area contributed by atoms with E-state index in [0.29, 0.717) is 17.1 Å². The Morgan fingerprint density at radius 2 is 2.10 bits per heavy atom. The maximum Gasteiger partial charge on any atom is 0.231 e. The maximum absolute atomic E-state index is 13.4. The summed E-state index contributed by atoms with van der Waals surface area (Å²) < 4.78 is 14.1. The van der Waals surface area contributed by atoms with E-state index in [2.05, 4.69) is 21.2 Å². The molecule has 1 heterocycles. The molecule has 3 N–H and O–H groups in total. The lowest BCUT2D eigenvalue weighted by Gasteiger charge is -2.33. The fourth-order valence-corrected chi connectivity index (χ4v) is 3.14. The predicted molar refractivity (Wildman–Crippen MR) is 79.6 cm³/mol. The number of nitrogens with two attached hydrogens (primary N) is 1. The van der Waals surface area contributed by atoms with Crippen molar-refractivity contribution in [2.75, 3.05) is 19.6 Å². The van der Waals surface area contributed by atoms with Crippen LogP contribution in [-0.4, -0.2) is 36.5 Å². The number of rotatable bonds is 5. The molecular weight excluding hydrogens is 325 g/mol. The van der Waals surface area contributed by atoms with E-state index in [4.69, 9.17) is 5.73 Å². The van der Waals surface area contributed by atoms with Gasteiger partial charge in [0.15, 0.2) is 0 Å². The van der Waals surface area contributed by atoms with E-state index in [0.717, 1.165) is 31.5 Å². The molecule has 110 valence electrons. The molecule has 4 nitrogen and oxygen atoms in total. The Balaban J connectivity index is 2.11. The Morgan fingerprint density at radius 3 is 2.70 bits per heavy atom. The minimum absolute atomic E-state index is 0.207. The second kappa shape index (κ2) is 7.15. The Morgan fingerprint density at radius 1 is 1.40 bits per heavy atom. The summed E-state index contributed by atoms with van der Waals surface area (Å²) in [5.74, 6) is -0.627. The number of hydrogen-bond donors (Lipinski definition) is 2. The van der Waals surface area contributed by atoms with Gasteiger partial charge in [-0.25, -0.2) is 4.39 Å². The molecule has 0 radical (unpaired) electrons. The van der Waals surface area contributed by atoms with Crippen LogP contribution in [0.1, 0.15) is 18.4 Å². The molecule has 20 heavy (non-hydrogen) atoms. The van der Waals surface area contributed by atoms with Crippen LogP contribution >= 0.6 is 15.9 Å². The Bertz CT molecular complexity index is 457. The van der Waals surface area contributed by atoms with Crippen LogP contribution in [0.25, 0.3) is 0 Å². The Labute approximate surface area is 126 Å². The van der Waals surface area contributed by atoms with Crippen LogP contribution < -0.4 is 11.1 Å². The highest BCUT2D eigenvalue weighted by Gasteiger charge is 2.22. The lowest BCUT2D eigenvalue weighted by Crippen LogP contribution is -2.46. The second-order valence-corrected chi connectivity index (χ2v) is 6.05. The fraction of sp³-hybridized carbons (Fsp3) is 0.500. The molecule has 6 heteroatoms. The molecule has 0 unspecified atom stereocenters. The third-order valence-corrected chi connectivity index (χ3v) is 3.95. The van der Waals surface area contributed by atoms with E-state index in [1.54, 1.807) is 0 Å². The smallest absolute Gasteiger partial charge is 0.231 e. The zero-order chi connectivity index (χ0) is 14.5. The minimum Gasteiger partial charge on any atom is -0.369 e. The SMILES string of the molecule is NC(=O)CN(Cc1cc(F)cc(Br)c1)C1CCNCC1. The van der Waals surface area contributed by atoms with E-state index >= 15 is 0 Å². The van der Waals surface area contributed by atoms with Crippen molar-refractivity contribution in [3.63, 3.8) is 0 Å². The van der Waals surface area contributed by atoms with Gasteiger partial charge in [0.05, 0.1) is 6.54 Å². The number of primary amides is 1. The van der Waals surface area contributed by atoms with Crippen LogP contribution in [0, 0.1) is 5.82 Å². The van der Waals surface area contributed by atoms with Gasteiger partial charge in [0.1, 0.15) is 5.82 Å². The van der Waals surface area contributed by atoms with Crippen LogP contribution in [0.4, 0.5) is 4.39 Å². The lowest BCUT2D eigenvalue weighted by molar-refractivity contribution is -0.120. The number of halogens is 2. The normalized spacial score (nSPS) is 16.6. The van der Waals surface area contributed by atoms with Crippen LogP contribution in [0.15, 0.2) is 22.7 Å². The van der Waals surface area contributed by atoms with Gasteiger partial charge in [0.2, 0.25) is 5.91 Å². The first kappa shape index (κ1) is 15.4. The molecule has 1 aromatic carbocycles. The first-order valence-corrected chi connectivity index (χ1v) is 7.52. The van der Waals surface area contributed by atoms with Crippen molar-refractivity contribution < 1.29 is 9.18 Å². The summed E-state index contributed by atoms with van der Waals surface area (Å²) in [6, 6.07) is 5.11. The number of carbonyl (C=O) groups is 1. The quantitative estimate of drug-likeness (QED) is 0.854. The molecule has 1 amide bonds. The van der Waals surface area contributed by atoms with Gasteiger partial charge in [-0.1, -0.05) is 15.9 Å². The first-order valence-electron chi connectivity index (χ1n) is 6.72. The summed E-state index contributed by atoms with van der Waals surface area (Å²) in [6.07, 6.45) is 1.95. The molecule has 1 saturated heterocycles.